The molecule has 0 bridgehead atoms. The summed E-state index contributed by atoms with van der Waals surface area (Å²) in [6.07, 6.45) is 1.26. The molecule has 0 radical (unpaired) electrons. The molecule has 0 aliphatic carbocycles. The highest BCUT2D eigenvalue weighted by molar-refractivity contribution is 9.13. The van der Waals surface area contributed by atoms with Crippen molar-refractivity contribution in [1.29, 1.82) is 0 Å². The van der Waals surface area contributed by atoms with E-state index < -0.39 is 0 Å². The second-order valence-corrected chi connectivity index (χ2v) is 7.02. The summed E-state index contributed by atoms with van der Waals surface area (Å²) < 4.78 is 2.38. The third-order valence-electron chi connectivity index (χ3n) is 2.51. The van der Waals surface area contributed by atoms with Gasteiger partial charge in [0.25, 0.3) is 0 Å². The summed E-state index contributed by atoms with van der Waals surface area (Å²) in [4.78, 5) is 3.95. The molecule has 0 spiro atoms. The molecule has 0 atom stereocenters. The molecule has 2 rings (SSSR count). The Labute approximate surface area is 111 Å². The van der Waals surface area contributed by atoms with Gasteiger partial charge in [0.05, 0.1) is 3.79 Å². The molecular formula is C10H14Br2N2S. The van der Waals surface area contributed by atoms with Crippen molar-refractivity contribution >= 4 is 43.2 Å². The van der Waals surface area contributed by atoms with Gasteiger partial charge in [0.1, 0.15) is 0 Å². The molecule has 1 saturated heterocycles. The Bertz CT molecular complexity index is 300. The molecule has 0 amide bonds. The number of rotatable bonds is 2. The van der Waals surface area contributed by atoms with Crippen LogP contribution in [-0.2, 0) is 6.54 Å². The molecule has 2 heterocycles. The second kappa shape index (κ2) is 5.77. The monoisotopic (exact) mass is 352 g/mol. The number of halogens is 2. The van der Waals surface area contributed by atoms with Crippen molar-refractivity contribution < 1.29 is 0 Å². The summed E-state index contributed by atoms with van der Waals surface area (Å²) in [6.45, 7) is 5.73. The quantitative estimate of drug-likeness (QED) is 0.878. The molecule has 1 aliphatic rings. The van der Waals surface area contributed by atoms with E-state index in [1.807, 2.05) is 11.3 Å². The normalized spacial score (nSPS) is 19.1. The summed E-state index contributed by atoms with van der Waals surface area (Å²) in [5, 5.41) is 3.42. The summed E-state index contributed by atoms with van der Waals surface area (Å²) in [7, 11) is 0. The fraction of sp³-hybridized carbons (Fsp3) is 0.600. The van der Waals surface area contributed by atoms with Crippen molar-refractivity contribution in [3.05, 3.63) is 19.2 Å². The lowest BCUT2D eigenvalue weighted by Gasteiger charge is -2.17. The predicted molar refractivity (Wildman–Crippen MR) is 72.5 cm³/mol. The van der Waals surface area contributed by atoms with E-state index >= 15 is 0 Å². The Morgan fingerprint density at radius 2 is 2.20 bits per heavy atom. The molecule has 1 fully saturated rings. The highest BCUT2D eigenvalue weighted by atomic mass is 79.9. The van der Waals surface area contributed by atoms with Crippen LogP contribution in [0.25, 0.3) is 0 Å². The van der Waals surface area contributed by atoms with Crippen LogP contribution in [0.15, 0.2) is 14.3 Å². The Morgan fingerprint density at radius 3 is 2.93 bits per heavy atom. The van der Waals surface area contributed by atoms with Gasteiger partial charge >= 0.3 is 0 Å². The average Bonchev–Trinajstić information content (AvgIpc) is 2.45. The lowest BCUT2D eigenvalue weighted by molar-refractivity contribution is 0.287. The summed E-state index contributed by atoms with van der Waals surface area (Å²) in [5.41, 5.74) is 0. The minimum Gasteiger partial charge on any atom is -0.315 e. The standard InChI is InChI=1S/C10H14Br2N2S/c11-9-6-8(15-10(9)12)7-14-4-1-2-13-3-5-14/h6,13H,1-5,7H2. The number of hydrogen-bond acceptors (Lipinski definition) is 3. The van der Waals surface area contributed by atoms with Gasteiger partial charge in [-0.3, -0.25) is 4.90 Å². The highest BCUT2D eigenvalue weighted by Crippen LogP contribution is 2.32. The van der Waals surface area contributed by atoms with Crippen LogP contribution < -0.4 is 5.32 Å². The topological polar surface area (TPSA) is 15.3 Å². The number of thiophene rings is 1. The summed E-state index contributed by atoms with van der Waals surface area (Å²) in [5.74, 6) is 0. The Morgan fingerprint density at radius 1 is 1.33 bits per heavy atom. The van der Waals surface area contributed by atoms with E-state index in [9.17, 15) is 0 Å². The van der Waals surface area contributed by atoms with Crippen molar-refractivity contribution in [2.75, 3.05) is 26.2 Å². The Balaban J connectivity index is 1.95. The number of nitrogens with one attached hydrogen (secondary N) is 1. The van der Waals surface area contributed by atoms with Crippen molar-refractivity contribution in [2.45, 2.75) is 13.0 Å². The first-order valence-corrected chi connectivity index (χ1v) is 7.53. The fourth-order valence-electron chi connectivity index (χ4n) is 1.75. The second-order valence-electron chi connectivity index (χ2n) is 3.71. The van der Waals surface area contributed by atoms with Gasteiger partial charge in [-0.1, -0.05) is 0 Å². The van der Waals surface area contributed by atoms with Crippen molar-refractivity contribution in [3.63, 3.8) is 0 Å². The fourth-order valence-corrected chi connectivity index (χ4v) is 3.97. The van der Waals surface area contributed by atoms with Gasteiger partial charge in [-0.2, -0.15) is 0 Å². The van der Waals surface area contributed by atoms with Crippen molar-refractivity contribution in [3.8, 4) is 0 Å². The zero-order chi connectivity index (χ0) is 10.7. The minimum absolute atomic E-state index is 1.08. The highest BCUT2D eigenvalue weighted by Gasteiger charge is 2.11. The number of nitrogens with zero attached hydrogens (tertiary/aromatic N) is 1. The zero-order valence-electron chi connectivity index (χ0n) is 8.43. The van der Waals surface area contributed by atoms with E-state index in [-0.39, 0.29) is 0 Å². The van der Waals surface area contributed by atoms with Crippen LogP contribution in [0, 0.1) is 0 Å². The summed E-state index contributed by atoms with van der Waals surface area (Å²) in [6, 6.07) is 2.22. The third-order valence-corrected chi connectivity index (χ3v) is 5.75. The largest absolute Gasteiger partial charge is 0.315 e. The molecule has 0 unspecified atom stereocenters. The molecule has 0 aromatic carbocycles. The van der Waals surface area contributed by atoms with Gasteiger partial charge in [-0.25, -0.2) is 0 Å². The first-order chi connectivity index (χ1) is 7.25. The Hall–Kier alpha value is 0.580. The van der Waals surface area contributed by atoms with Gasteiger partial charge in [-0.15, -0.1) is 11.3 Å². The lowest BCUT2D eigenvalue weighted by Crippen LogP contribution is -2.27. The van der Waals surface area contributed by atoms with Gasteiger partial charge in [0.2, 0.25) is 0 Å². The first-order valence-electron chi connectivity index (χ1n) is 5.12. The molecule has 15 heavy (non-hydrogen) atoms. The van der Waals surface area contributed by atoms with Crippen LogP contribution in [0.1, 0.15) is 11.3 Å². The SMILES string of the molecule is Brc1cc(CN2CCCNCC2)sc1Br. The molecular weight excluding hydrogens is 340 g/mol. The smallest absolute Gasteiger partial charge is 0.0843 e. The van der Waals surface area contributed by atoms with Crippen LogP contribution in [0.5, 0.6) is 0 Å². The maximum atomic E-state index is 3.54. The molecule has 0 saturated carbocycles. The van der Waals surface area contributed by atoms with E-state index in [1.165, 1.54) is 26.1 Å². The van der Waals surface area contributed by atoms with Crippen LogP contribution in [0.4, 0.5) is 0 Å². The maximum absolute atomic E-state index is 3.54. The first kappa shape index (κ1) is 12.0. The van der Waals surface area contributed by atoms with Crippen LogP contribution in [0.3, 0.4) is 0 Å². The van der Waals surface area contributed by atoms with E-state index in [2.05, 4.69) is 48.1 Å². The van der Waals surface area contributed by atoms with Gasteiger partial charge in [0, 0.05) is 29.0 Å². The molecule has 84 valence electrons. The van der Waals surface area contributed by atoms with Gasteiger partial charge in [-0.05, 0) is 57.4 Å². The number of hydrogen-bond donors (Lipinski definition) is 1. The molecule has 1 N–H and O–H groups in total. The Kier molecular flexibility index (Phi) is 4.64. The zero-order valence-corrected chi connectivity index (χ0v) is 12.4. The predicted octanol–water partition coefficient (Wildman–Crippen LogP) is 3.07. The molecule has 5 heteroatoms. The molecule has 1 aromatic heterocycles. The van der Waals surface area contributed by atoms with Gasteiger partial charge in [0.15, 0.2) is 0 Å². The van der Waals surface area contributed by atoms with Crippen LogP contribution >= 0.6 is 43.2 Å². The van der Waals surface area contributed by atoms with Gasteiger partial charge < -0.3 is 5.32 Å². The van der Waals surface area contributed by atoms with E-state index in [4.69, 9.17) is 0 Å². The van der Waals surface area contributed by atoms with E-state index in [1.54, 1.807) is 0 Å². The third kappa shape index (κ3) is 3.53. The molecule has 1 aromatic rings. The molecule has 2 nitrogen and oxygen atoms in total. The van der Waals surface area contributed by atoms with E-state index in [0.29, 0.717) is 0 Å². The summed E-state index contributed by atoms with van der Waals surface area (Å²) >= 11 is 8.89. The maximum Gasteiger partial charge on any atom is 0.0843 e. The van der Waals surface area contributed by atoms with Crippen molar-refractivity contribution in [1.82, 2.24) is 10.2 Å². The minimum atomic E-state index is 1.08. The van der Waals surface area contributed by atoms with Crippen LogP contribution in [-0.4, -0.2) is 31.1 Å². The lowest BCUT2D eigenvalue weighted by atomic mass is 10.3. The van der Waals surface area contributed by atoms with Crippen molar-refractivity contribution in [2.24, 2.45) is 0 Å². The van der Waals surface area contributed by atoms with Crippen LogP contribution in [0.2, 0.25) is 0 Å². The molecule has 1 aliphatic heterocycles. The van der Waals surface area contributed by atoms with E-state index in [0.717, 1.165) is 26.2 Å². The average molecular weight is 354 g/mol.